The second-order valence-corrected chi connectivity index (χ2v) is 9.80. The van der Waals surface area contributed by atoms with Crippen molar-refractivity contribution in [1.29, 1.82) is 0 Å². The third-order valence-corrected chi connectivity index (χ3v) is 6.45. The standard InChI is InChI=1S/C22H24ClF2N3O4S/c1-12(2)20(21(31)32-11-15-9-26-22(23)33-15)27-17(29)8-14-6-7-18(30)28(14)10-13-4-3-5-16(24)19(13)25/h3-5,9,12,14,20H,6-8,10-11H2,1-2H3,(H,27,29)/t14-,20-/m0/s1. The van der Waals surface area contributed by atoms with Crippen LogP contribution in [0.15, 0.2) is 24.4 Å². The lowest BCUT2D eigenvalue weighted by Gasteiger charge is -2.26. The van der Waals surface area contributed by atoms with Crippen LogP contribution in [-0.4, -0.2) is 39.8 Å². The summed E-state index contributed by atoms with van der Waals surface area (Å²) in [5.74, 6) is -3.51. The molecule has 2 heterocycles. The fourth-order valence-corrected chi connectivity index (χ4v) is 4.49. The van der Waals surface area contributed by atoms with Gasteiger partial charge in [-0.3, -0.25) is 9.59 Å². The molecule has 33 heavy (non-hydrogen) atoms. The lowest BCUT2D eigenvalue weighted by molar-refractivity contribution is -0.150. The quantitative estimate of drug-likeness (QED) is 0.530. The van der Waals surface area contributed by atoms with Crippen molar-refractivity contribution in [3.63, 3.8) is 0 Å². The smallest absolute Gasteiger partial charge is 0.329 e. The van der Waals surface area contributed by atoms with Gasteiger partial charge in [0, 0.05) is 37.2 Å². The van der Waals surface area contributed by atoms with Crippen molar-refractivity contribution in [2.24, 2.45) is 5.92 Å². The number of carbonyl (C=O) groups excluding carboxylic acids is 3. The average Bonchev–Trinajstić information content (AvgIpc) is 3.33. The van der Waals surface area contributed by atoms with E-state index in [9.17, 15) is 23.2 Å². The number of rotatable bonds is 9. The van der Waals surface area contributed by atoms with E-state index in [1.165, 1.54) is 34.6 Å². The van der Waals surface area contributed by atoms with Crippen molar-refractivity contribution in [2.75, 3.05) is 0 Å². The first-order chi connectivity index (χ1) is 15.7. The maximum absolute atomic E-state index is 14.1. The zero-order valence-corrected chi connectivity index (χ0v) is 19.7. The number of nitrogens with one attached hydrogen (secondary N) is 1. The third kappa shape index (κ3) is 6.48. The van der Waals surface area contributed by atoms with Crippen LogP contribution in [0.25, 0.3) is 0 Å². The summed E-state index contributed by atoms with van der Waals surface area (Å²) in [5.41, 5.74) is 0.0439. The molecule has 11 heteroatoms. The van der Waals surface area contributed by atoms with Crippen LogP contribution in [0.5, 0.6) is 0 Å². The van der Waals surface area contributed by atoms with Gasteiger partial charge in [-0.1, -0.05) is 37.6 Å². The van der Waals surface area contributed by atoms with Crippen molar-refractivity contribution in [3.05, 3.63) is 50.9 Å². The Labute approximate surface area is 199 Å². The molecule has 1 aromatic heterocycles. The number of hydrogen-bond donors (Lipinski definition) is 1. The molecule has 1 saturated heterocycles. The van der Waals surface area contributed by atoms with Crippen molar-refractivity contribution < 1.29 is 27.9 Å². The van der Waals surface area contributed by atoms with Gasteiger partial charge in [0.15, 0.2) is 16.1 Å². The predicted octanol–water partition coefficient (Wildman–Crippen LogP) is 3.84. The van der Waals surface area contributed by atoms with E-state index >= 15 is 0 Å². The van der Waals surface area contributed by atoms with E-state index in [0.29, 0.717) is 15.8 Å². The second-order valence-electron chi connectivity index (χ2n) is 8.11. The molecular weight excluding hydrogens is 476 g/mol. The molecule has 0 aliphatic carbocycles. The largest absolute Gasteiger partial charge is 0.458 e. The normalized spacial score (nSPS) is 16.8. The van der Waals surface area contributed by atoms with Crippen LogP contribution in [0, 0.1) is 17.6 Å². The highest BCUT2D eigenvalue weighted by molar-refractivity contribution is 7.15. The molecule has 0 radical (unpaired) electrons. The molecule has 3 rings (SSSR count). The Kier molecular flexibility index (Phi) is 8.36. The Morgan fingerprint density at radius 2 is 2.12 bits per heavy atom. The zero-order chi connectivity index (χ0) is 24.1. The number of hydrogen-bond acceptors (Lipinski definition) is 6. The molecule has 2 atom stereocenters. The maximum Gasteiger partial charge on any atom is 0.329 e. The number of aromatic nitrogens is 1. The molecule has 1 aromatic carbocycles. The Balaban J connectivity index is 1.59. The van der Waals surface area contributed by atoms with Crippen molar-refractivity contribution in [2.45, 2.75) is 58.3 Å². The van der Waals surface area contributed by atoms with Gasteiger partial charge < -0.3 is 15.0 Å². The van der Waals surface area contributed by atoms with Gasteiger partial charge in [0.1, 0.15) is 12.6 Å². The number of carbonyl (C=O) groups is 3. The summed E-state index contributed by atoms with van der Waals surface area (Å²) in [4.78, 5) is 43.5. The minimum atomic E-state index is -1.01. The van der Waals surface area contributed by atoms with Gasteiger partial charge >= 0.3 is 5.97 Å². The monoisotopic (exact) mass is 499 g/mol. The fraction of sp³-hybridized carbons (Fsp3) is 0.455. The Hall–Kier alpha value is -2.59. The van der Waals surface area contributed by atoms with Gasteiger partial charge in [0.25, 0.3) is 0 Å². The van der Waals surface area contributed by atoms with Gasteiger partial charge in [0.2, 0.25) is 11.8 Å². The highest BCUT2D eigenvalue weighted by Gasteiger charge is 2.34. The summed E-state index contributed by atoms with van der Waals surface area (Å²) in [6.45, 7) is 3.40. The molecule has 0 unspecified atom stereocenters. The van der Waals surface area contributed by atoms with Crippen LogP contribution in [-0.2, 0) is 32.3 Å². The molecule has 0 bridgehead atoms. The summed E-state index contributed by atoms with van der Waals surface area (Å²) in [6, 6.07) is 2.41. The number of esters is 1. The first-order valence-corrected chi connectivity index (χ1v) is 11.6. The van der Waals surface area contributed by atoms with E-state index in [4.69, 9.17) is 16.3 Å². The van der Waals surface area contributed by atoms with Crippen molar-refractivity contribution in [3.8, 4) is 0 Å². The molecule has 1 aliphatic rings. The van der Waals surface area contributed by atoms with E-state index < -0.39 is 35.6 Å². The van der Waals surface area contributed by atoms with E-state index in [2.05, 4.69) is 10.3 Å². The summed E-state index contributed by atoms with van der Waals surface area (Å²) < 4.78 is 33.2. The van der Waals surface area contributed by atoms with Gasteiger partial charge in [0.05, 0.1) is 4.88 Å². The minimum absolute atomic E-state index is 0.00753. The Morgan fingerprint density at radius 3 is 2.79 bits per heavy atom. The Morgan fingerprint density at radius 1 is 1.36 bits per heavy atom. The Bertz CT molecular complexity index is 1030. The van der Waals surface area contributed by atoms with Crippen molar-refractivity contribution in [1.82, 2.24) is 15.2 Å². The molecule has 0 saturated carbocycles. The molecule has 1 aliphatic heterocycles. The number of nitrogens with zero attached hydrogens (tertiary/aromatic N) is 2. The summed E-state index contributed by atoms with van der Waals surface area (Å²) in [7, 11) is 0. The summed E-state index contributed by atoms with van der Waals surface area (Å²) >= 11 is 6.96. The van der Waals surface area contributed by atoms with Crippen LogP contribution in [0.4, 0.5) is 8.78 Å². The van der Waals surface area contributed by atoms with Crippen LogP contribution < -0.4 is 5.32 Å². The summed E-state index contributed by atoms with van der Waals surface area (Å²) in [5, 5.41) is 2.68. The van der Waals surface area contributed by atoms with Crippen molar-refractivity contribution >= 4 is 40.7 Å². The minimum Gasteiger partial charge on any atom is -0.458 e. The highest BCUT2D eigenvalue weighted by Crippen LogP contribution is 2.25. The van der Waals surface area contributed by atoms with E-state index in [0.717, 1.165) is 6.07 Å². The van der Waals surface area contributed by atoms with E-state index in [1.54, 1.807) is 13.8 Å². The molecule has 1 fully saturated rings. The number of likely N-dealkylation sites (tertiary alicyclic amines) is 1. The van der Waals surface area contributed by atoms with Crippen LogP contribution in [0.1, 0.15) is 43.6 Å². The number of amides is 2. The first kappa shape index (κ1) is 25.0. The van der Waals surface area contributed by atoms with Gasteiger partial charge in [-0.2, -0.15) is 0 Å². The fourth-order valence-electron chi connectivity index (χ4n) is 3.60. The number of benzene rings is 1. The van der Waals surface area contributed by atoms with Gasteiger partial charge in [-0.05, 0) is 18.4 Å². The summed E-state index contributed by atoms with van der Waals surface area (Å²) in [6.07, 6.45) is 2.06. The molecule has 2 amide bonds. The highest BCUT2D eigenvalue weighted by atomic mass is 35.5. The molecule has 7 nitrogen and oxygen atoms in total. The number of halogens is 3. The van der Waals surface area contributed by atoms with E-state index in [-0.39, 0.29) is 43.4 Å². The SMILES string of the molecule is CC(C)[C@H](NC(=O)C[C@@H]1CCC(=O)N1Cc1cccc(F)c1F)C(=O)OCc1cnc(Cl)s1. The lowest BCUT2D eigenvalue weighted by Crippen LogP contribution is -2.47. The lowest BCUT2D eigenvalue weighted by atomic mass is 10.0. The molecule has 178 valence electrons. The van der Waals surface area contributed by atoms with Crippen LogP contribution in [0.3, 0.4) is 0 Å². The number of thiazole rings is 1. The number of ether oxygens (including phenoxy) is 1. The predicted molar refractivity (Wildman–Crippen MR) is 118 cm³/mol. The van der Waals surface area contributed by atoms with Gasteiger partial charge in [-0.25, -0.2) is 18.6 Å². The molecule has 0 spiro atoms. The second kappa shape index (κ2) is 11.0. The van der Waals surface area contributed by atoms with E-state index in [1.807, 2.05) is 0 Å². The third-order valence-electron chi connectivity index (χ3n) is 5.36. The maximum atomic E-state index is 14.1. The molecule has 2 aromatic rings. The first-order valence-electron chi connectivity index (χ1n) is 10.4. The molecule has 1 N–H and O–H groups in total. The average molecular weight is 500 g/mol. The topological polar surface area (TPSA) is 88.6 Å². The molecular formula is C22H24ClF2N3O4S. The zero-order valence-electron chi connectivity index (χ0n) is 18.1. The van der Waals surface area contributed by atoms with Gasteiger partial charge in [-0.15, -0.1) is 11.3 Å². The van der Waals surface area contributed by atoms with Crippen LogP contribution in [0.2, 0.25) is 4.47 Å². The van der Waals surface area contributed by atoms with Crippen LogP contribution >= 0.6 is 22.9 Å².